The van der Waals surface area contributed by atoms with Crippen LogP contribution in [0.15, 0.2) is 0 Å². The number of hydrogen-bond acceptors (Lipinski definition) is 1. The average Bonchev–Trinajstić information content (AvgIpc) is 2.68. The second kappa shape index (κ2) is 31.7. The fourth-order valence-electron chi connectivity index (χ4n) is 2.27. The summed E-state index contributed by atoms with van der Waals surface area (Å²) >= 11 is 0. The molecule has 3 atom stereocenters. The first-order valence-corrected chi connectivity index (χ1v) is 13.2. The minimum Gasteiger partial charge on any atom is -0.134 e. The third-order valence-electron chi connectivity index (χ3n) is 5.24. The van der Waals surface area contributed by atoms with Crippen LogP contribution < -0.4 is 0 Å². The maximum atomic E-state index is 8.70. The van der Waals surface area contributed by atoms with Gasteiger partial charge in [0, 0.05) is 4.57 Å². The van der Waals surface area contributed by atoms with E-state index in [9.17, 15) is 0 Å². The van der Waals surface area contributed by atoms with Gasteiger partial charge in [-0.25, -0.2) is 0 Å². The van der Waals surface area contributed by atoms with Crippen LogP contribution >= 0.6 is 8.25 Å². The second-order valence-corrected chi connectivity index (χ2v) is 8.73. The summed E-state index contributed by atoms with van der Waals surface area (Å²) < 4.78 is 8.70. The smallest absolute Gasteiger partial charge is 0.134 e. The maximum Gasteiger partial charge on any atom is 0.692 e. The highest BCUT2D eigenvalue weighted by molar-refractivity contribution is 7.30. The molecular formula is C24H56O3P+. The van der Waals surface area contributed by atoms with Crippen molar-refractivity contribution in [2.24, 2.45) is 17.8 Å². The van der Waals surface area contributed by atoms with Crippen LogP contribution in [0.4, 0.5) is 0 Å². The molecule has 0 aromatic carbocycles. The average molecular weight is 424 g/mol. The molecule has 0 amide bonds. The van der Waals surface area contributed by atoms with Crippen LogP contribution in [-0.4, -0.2) is 9.79 Å². The van der Waals surface area contributed by atoms with Crippen LogP contribution in [0.2, 0.25) is 0 Å². The molecule has 28 heavy (non-hydrogen) atoms. The van der Waals surface area contributed by atoms with Gasteiger partial charge in [0.1, 0.15) is 0 Å². The predicted octanol–water partition coefficient (Wildman–Crippen LogP) is 9.30. The molecule has 0 saturated carbocycles. The lowest BCUT2D eigenvalue weighted by Gasteiger charge is -2.04. The third kappa shape index (κ3) is 50.2. The van der Waals surface area contributed by atoms with Crippen molar-refractivity contribution in [1.29, 1.82) is 0 Å². The summed E-state index contributed by atoms with van der Waals surface area (Å²) in [6.07, 6.45) is 16.6. The Labute approximate surface area is 180 Å². The van der Waals surface area contributed by atoms with Gasteiger partial charge in [-0.3, -0.25) is 0 Å². The van der Waals surface area contributed by atoms with Gasteiger partial charge in [0.15, 0.2) is 0 Å². The minimum atomic E-state index is -2.87. The second-order valence-electron chi connectivity index (χ2n) is 8.22. The van der Waals surface area contributed by atoms with Gasteiger partial charge < -0.3 is 0 Å². The molecule has 3 nitrogen and oxygen atoms in total. The van der Waals surface area contributed by atoms with Crippen LogP contribution in [0.25, 0.3) is 0 Å². The summed E-state index contributed by atoms with van der Waals surface area (Å²) in [5, 5.41) is 0. The van der Waals surface area contributed by atoms with Crippen molar-refractivity contribution >= 4 is 8.25 Å². The van der Waals surface area contributed by atoms with Crippen LogP contribution in [0.3, 0.4) is 0 Å². The Morgan fingerprint density at radius 1 is 0.571 bits per heavy atom. The van der Waals surface area contributed by atoms with E-state index in [1.54, 1.807) is 0 Å². The molecule has 174 valence electrons. The van der Waals surface area contributed by atoms with Crippen LogP contribution in [-0.2, 0) is 4.57 Å². The lowest BCUT2D eigenvalue weighted by Crippen LogP contribution is -1.89. The van der Waals surface area contributed by atoms with E-state index in [-0.39, 0.29) is 0 Å². The zero-order chi connectivity index (χ0) is 22.8. The summed E-state index contributed by atoms with van der Waals surface area (Å²) in [7, 11) is -2.87. The molecule has 2 N–H and O–H groups in total. The van der Waals surface area contributed by atoms with E-state index < -0.39 is 8.25 Å². The van der Waals surface area contributed by atoms with Crippen molar-refractivity contribution in [3.8, 4) is 0 Å². The van der Waals surface area contributed by atoms with E-state index in [4.69, 9.17) is 14.4 Å². The highest BCUT2D eigenvalue weighted by atomic mass is 31.1. The Bertz CT molecular complexity index is 235. The van der Waals surface area contributed by atoms with Gasteiger partial charge in [0.05, 0.1) is 0 Å². The number of hydrogen-bond donors (Lipinski definition) is 2. The van der Waals surface area contributed by atoms with Crippen molar-refractivity contribution in [3.63, 3.8) is 0 Å². The van der Waals surface area contributed by atoms with E-state index in [0.717, 1.165) is 17.8 Å². The van der Waals surface area contributed by atoms with Gasteiger partial charge in [-0.1, -0.05) is 139 Å². The number of rotatable bonds is 12. The molecule has 0 aromatic heterocycles. The molecule has 0 aliphatic rings. The molecular weight excluding hydrogens is 367 g/mol. The topological polar surface area (TPSA) is 57.5 Å². The normalized spacial score (nSPS) is 12.8. The van der Waals surface area contributed by atoms with Gasteiger partial charge >= 0.3 is 8.25 Å². The van der Waals surface area contributed by atoms with Gasteiger partial charge in [-0.15, -0.1) is 9.79 Å². The summed E-state index contributed by atoms with van der Waals surface area (Å²) in [5.41, 5.74) is 0. The first-order valence-electron chi connectivity index (χ1n) is 12.0. The molecule has 0 aliphatic carbocycles. The van der Waals surface area contributed by atoms with E-state index in [2.05, 4.69) is 62.3 Å². The first-order chi connectivity index (χ1) is 13.2. The van der Waals surface area contributed by atoms with E-state index in [1.807, 2.05) is 0 Å². The van der Waals surface area contributed by atoms with Crippen LogP contribution in [0, 0.1) is 17.8 Å². The third-order valence-corrected chi connectivity index (χ3v) is 5.24. The highest BCUT2D eigenvalue weighted by Gasteiger charge is 1.96. The lowest BCUT2D eigenvalue weighted by atomic mass is 10.0. The van der Waals surface area contributed by atoms with Crippen molar-refractivity contribution in [3.05, 3.63) is 0 Å². The Morgan fingerprint density at radius 3 is 0.857 bits per heavy atom. The molecule has 0 aliphatic heterocycles. The highest BCUT2D eigenvalue weighted by Crippen LogP contribution is 2.11. The monoisotopic (exact) mass is 423 g/mol. The Morgan fingerprint density at radius 2 is 0.750 bits per heavy atom. The SMILES string of the molecule is CCCCC(C)CC.CCCCC(C)CC.CCCCC(C)CC.O=[P+](O)O. The zero-order valence-corrected chi connectivity index (χ0v) is 21.9. The van der Waals surface area contributed by atoms with Crippen molar-refractivity contribution in [2.45, 2.75) is 139 Å². The number of unbranched alkanes of at least 4 members (excludes halogenated alkanes) is 3. The van der Waals surface area contributed by atoms with Crippen LogP contribution in [0.5, 0.6) is 0 Å². The first kappa shape index (κ1) is 35.5. The standard InChI is InChI=1S/3C8H18.HO3P/c3*1-4-6-7-8(3)5-2;1-4(2)3/h3*8H,4-7H2,1-3H3;(H-,1,2,3)/p+1. The van der Waals surface area contributed by atoms with E-state index in [0.29, 0.717) is 0 Å². The molecule has 0 bridgehead atoms. The summed E-state index contributed by atoms with van der Waals surface area (Å²) in [5.74, 6) is 2.86. The Kier molecular flexibility index (Phi) is 40.2. The molecule has 0 aromatic rings. The fraction of sp³-hybridized carbons (Fsp3) is 1.00. The molecule has 0 heterocycles. The van der Waals surface area contributed by atoms with E-state index in [1.165, 1.54) is 77.0 Å². The molecule has 0 fully saturated rings. The summed E-state index contributed by atoms with van der Waals surface area (Å²) in [4.78, 5) is 14.2. The van der Waals surface area contributed by atoms with Crippen LogP contribution in [0.1, 0.15) is 139 Å². The molecule has 0 radical (unpaired) electrons. The van der Waals surface area contributed by atoms with Crippen molar-refractivity contribution in [2.75, 3.05) is 0 Å². The predicted molar refractivity (Wildman–Crippen MR) is 129 cm³/mol. The summed E-state index contributed by atoms with van der Waals surface area (Å²) in [6.45, 7) is 20.5. The van der Waals surface area contributed by atoms with E-state index >= 15 is 0 Å². The summed E-state index contributed by atoms with van der Waals surface area (Å²) in [6, 6.07) is 0. The van der Waals surface area contributed by atoms with Gasteiger partial charge in [-0.2, -0.15) is 0 Å². The minimum absolute atomic E-state index is 0.954. The molecule has 0 rings (SSSR count). The van der Waals surface area contributed by atoms with Crippen molar-refractivity contribution in [1.82, 2.24) is 0 Å². The molecule has 4 heteroatoms. The maximum absolute atomic E-state index is 8.70. The molecule has 0 spiro atoms. The van der Waals surface area contributed by atoms with Gasteiger partial charge in [0.2, 0.25) is 0 Å². The lowest BCUT2D eigenvalue weighted by molar-refractivity contribution is 0.405. The van der Waals surface area contributed by atoms with Gasteiger partial charge in [-0.05, 0) is 17.8 Å². The zero-order valence-electron chi connectivity index (χ0n) is 21.0. The Hall–Kier alpha value is 0.0200. The fourth-order valence-corrected chi connectivity index (χ4v) is 2.27. The molecule has 3 unspecified atom stereocenters. The molecule has 0 saturated heterocycles. The Balaban J connectivity index is -0.000000141. The quantitative estimate of drug-likeness (QED) is 0.307. The van der Waals surface area contributed by atoms with Crippen molar-refractivity contribution < 1.29 is 14.4 Å². The largest absolute Gasteiger partial charge is 0.692 e. The van der Waals surface area contributed by atoms with Gasteiger partial charge in [0.25, 0.3) is 0 Å².